The summed E-state index contributed by atoms with van der Waals surface area (Å²) in [6.45, 7) is 2.58. The number of hydrogen-bond acceptors (Lipinski definition) is 4. The minimum atomic E-state index is -4.89. The molecule has 186 valence electrons. The number of likely N-dealkylation sites (tertiary alicyclic amines) is 1. The number of halogens is 7. The van der Waals surface area contributed by atoms with Gasteiger partial charge in [0.1, 0.15) is 5.84 Å². The van der Waals surface area contributed by atoms with Gasteiger partial charge in [-0.3, -0.25) is 9.69 Å². The zero-order valence-corrected chi connectivity index (χ0v) is 19.6. The standard InChI is InChI=1S/C22H21F6N3OS.ClH/c1-3-13(2)29-19-18(33-20(32)30-19)10-14-6-8-31(9-7-14)12-15-4-5-16(21(23,24)25)11-17(15)22(26,27)28;/h1,4-5,10-11,13-14H,6-9,12H2,2H3,(H,29,30,32);1H/b18-10-;. The molecule has 1 fully saturated rings. The lowest BCUT2D eigenvalue weighted by Gasteiger charge is -2.31. The zero-order valence-electron chi connectivity index (χ0n) is 18.0. The van der Waals surface area contributed by atoms with Crippen molar-refractivity contribution in [3.63, 3.8) is 0 Å². The molecule has 0 bridgehead atoms. The molecule has 0 aromatic heterocycles. The molecule has 2 heterocycles. The number of carbonyl (C=O) groups is 1. The normalized spacial score (nSPS) is 20.0. The molecule has 1 aromatic carbocycles. The van der Waals surface area contributed by atoms with Crippen LogP contribution in [-0.2, 0) is 18.9 Å². The summed E-state index contributed by atoms with van der Waals surface area (Å²) in [6.07, 6.45) is -1.22. The summed E-state index contributed by atoms with van der Waals surface area (Å²) in [6, 6.07) is 1.45. The topological polar surface area (TPSA) is 44.7 Å². The Kier molecular flexibility index (Phi) is 9.13. The maximum Gasteiger partial charge on any atom is 0.416 e. The number of carbonyl (C=O) groups excluding carboxylic acids is 1. The first-order valence-electron chi connectivity index (χ1n) is 10.1. The second kappa shape index (κ2) is 11.1. The number of alkyl halides is 6. The van der Waals surface area contributed by atoms with Gasteiger partial charge in [0.05, 0.1) is 22.1 Å². The van der Waals surface area contributed by atoms with Gasteiger partial charge in [-0.2, -0.15) is 31.3 Å². The molecule has 1 saturated heterocycles. The van der Waals surface area contributed by atoms with E-state index in [4.69, 9.17) is 6.42 Å². The van der Waals surface area contributed by atoms with Gasteiger partial charge in [-0.15, -0.1) is 18.8 Å². The number of amides is 1. The van der Waals surface area contributed by atoms with Crippen LogP contribution in [0.4, 0.5) is 31.1 Å². The van der Waals surface area contributed by atoms with E-state index in [0.717, 1.165) is 17.8 Å². The Balaban J connectivity index is 0.00000408. The molecular formula is C22H22ClF6N3OS. The van der Waals surface area contributed by atoms with Crippen molar-refractivity contribution >= 4 is 35.2 Å². The van der Waals surface area contributed by atoms with Crippen molar-refractivity contribution < 1.29 is 31.1 Å². The van der Waals surface area contributed by atoms with E-state index in [9.17, 15) is 31.1 Å². The maximum absolute atomic E-state index is 13.4. The van der Waals surface area contributed by atoms with Crippen LogP contribution in [0.1, 0.15) is 36.5 Å². The summed E-state index contributed by atoms with van der Waals surface area (Å²) in [4.78, 5) is 18.1. The Morgan fingerprint density at radius 1 is 1.24 bits per heavy atom. The molecule has 3 rings (SSSR count). The minimum Gasteiger partial charge on any atom is -0.356 e. The van der Waals surface area contributed by atoms with Gasteiger partial charge in [0.15, 0.2) is 0 Å². The number of piperidine rings is 1. The average Bonchev–Trinajstić information content (AvgIpc) is 3.06. The van der Waals surface area contributed by atoms with Crippen LogP contribution in [0.3, 0.4) is 0 Å². The molecule has 0 aliphatic carbocycles. The first kappa shape index (κ1) is 28.1. The number of aliphatic imine (C=N–C) groups is 1. The van der Waals surface area contributed by atoms with Crippen LogP contribution < -0.4 is 5.32 Å². The van der Waals surface area contributed by atoms with Crippen molar-refractivity contribution in [3.8, 4) is 12.3 Å². The van der Waals surface area contributed by atoms with Crippen LogP contribution in [0.25, 0.3) is 0 Å². The predicted octanol–water partition coefficient (Wildman–Crippen LogP) is 6.12. The monoisotopic (exact) mass is 525 g/mol. The number of amidine groups is 1. The number of rotatable bonds is 4. The number of benzene rings is 1. The quantitative estimate of drug-likeness (QED) is 0.380. The number of nitrogens with one attached hydrogen (secondary N) is 1. The van der Waals surface area contributed by atoms with E-state index in [1.807, 2.05) is 6.08 Å². The third-order valence-electron chi connectivity index (χ3n) is 5.39. The predicted molar refractivity (Wildman–Crippen MR) is 122 cm³/mol. The van der Waals surface area contributed by atoms with Crippen molar-refractivity contribution in [2.75, 3.05) is 13.1 Å². The van der Waals surface area contributed by atoms with Crippen molar-refractivity contribution in [2.45, 2.75) is 44.7 Å². The van der Waals surface area contributed by atoms with Crippen LogP contribution >= 0.6 is 24.2 Å². The summed E-state index contributed by atoms with van der Waals surface area (Å²) in [5.41, 5.74) is -2.78. The molecular weight excluding hydrogens is 504 g/mol. The van der Waals surface area contributed by atoms with E-state index in [-0.39, 0.29) is 47.8 Å². The third-order valence-corrected chi connectivity index (χ3v) is 6.21. The third kappa shape index (κ3) is 7.17. The van der Waals surface area contributed by atoms with Crippen LogP contribution in [0.15, 0.2) is 34.2 Å². The first-order valence-corrected chi connectivity index (χ1v) is 10.9. The highest BCUT2D eigenvalue weighted by Crippen LogP contribution is 2.38. The van der Waals surface area contributed by atoms with Gasteiger partial charge in [-0.25, -0.2) is 0 Å². The molecule has 1 aromatic rings. The molecule has 2 aliphatic heterocycles. The summed E-state index contributed by atoms with van der Waals surface area (Å²) < 4.78 is 78.8. The fourth-order valence-corrected chi connectivity index (χ4v) is 4.45. The van der Waals surface area contributed by atoms with E-state index in [1.54, 1.807) is 11.8 Å². The molecule has 1 unspecified atom stereocenters. The van der Waals surface area contributed by atoms with Gasteiger partial charge >= 0.3 is 17.6 Å². The summed E-state index contributed by atoms with van der Waals surface area (Å²) >= 11 is 0.988. The molecule has 0 saturated carbocycles. The lowest BCUT2D eigenvalue weighted by Crippen LogP contribution is -2.34. The SMILES string of the molecule is C#CC(C)NC1=NC(=O)S/C1=C\C1CCN(Cc2ccc(C(F)(F)F)cc2C(F)(F)F)CC1.Cl. The lowest BCUT2D eigenvalue weighted by atomic mass is 9.95. The average molecular weight is 526 g/mol. The molecule has 12 heteroatoms. The molecule has 1 amide bonds. The smallest absolute Gasteiger partial charge is 0.356 e. The van der Waals surface area contributed by atoms with Crippen molar-refractivity contribution in [2.24, 2.45) is 10.9 Å². The minimum absolute atomic E-state index is 0. The Bertz CT molecular complexity index is 1010. The Morgan fingerprint density at radius 3 is 2.44 bits per heavy atom. The van der Waals surface area contributed by atoms with Crippen LogP contribution in [0.5, 0.6) is 0 Å². The molecule has 34 heavy (non-hydrogen) atoms. The van der Waals surface area contributed by atoms with Gasteiger partial charge in [-0.1, -0.05) is 18.1 Å². The largest absolute Gasteiger partial charge is 0.416 e. The molecule has 4 nitrogen and oxygen atoms in total. The van der Waals surface area contributed by atoms with Crippen molar-refractivity contribution in [3.05, 3.63) is 45.9 Å². The van der Waals surface area contributed by atoms with E-state index >= 15 is 0 Å². The second-order valence-electron chi connectivity index (χ2n) is 7.87. The number of allylic oxidation sites excluding steroid dienone is 1. The molecule has 2 aliphatic rings. The Morgan fingerprint density at radius 2 is 1.88 bits per heavy atom. The molecule has 0 radical (unpaired) electrons. The van der Waals surface area contributed by atoms with Crippen LogP contribution in [0, 0.1) is 18.3 Å². The highest BCUT2D eigenvalue weighted by molar-refractivity contribution is 8.18. The number of terminal acetylenes is 1. The van der Waals surface area contributed by atoms with Gasteiger partial charge in [0.2, 0.25) is 0 Å². The van der Waals surface area contributed by atoms with E-state index in [1.165, 1.54) is 0 Å². The van der Waals surface area contributed by atoms with Crippen molar-refractivity contribution in [1.29, 1.82) is 0 Å². The van der Waals surface area contributed by atoms with Gasteiger partial charge in [0, 0.05) is 6.54 Å². The fraction of sp³-hybridized carbons (Fsp3) is 0.455. The van der Waals surface area contributed by atoms with E-state index in [0.29, 0.717) is 42.7 Å². The summed E-state index contributed by atoms with van der Waals surface area (Å²) in [7, 11) is 0. The first-order chi connectivity index (χ1) is 15.4. The highest BCUT2D eigenvalue weighted by Gasteiger charge is 2.38. The van der Waals surface area contributed by atoms with Gasteiger partial charge in [-0.05, 0) is 68.2 Å². The van der Waals surface area contributed by atoms with Gasteiger partial charge in [0.25, 0.3) is 0 Å². The van der Waals surface area contributed by atoms with E-state index < -0.39 is 23.5 Å². The number of thioether (sulfide) groups is 1. The number of hydrogen-bond donors (Lipinski definition) is 1. The fourth-order valence-electron chi connectivity index (χ4n) is 3.66. The Labute approximate surface area is 203 Å². The van der Waals surface area contributed by atoms with Crippen LogP contribution in [-0.4, -0.2) is 35.1 Å². The highest BCUT2D eigenvalue weighted by atomic mass is 35.5. The van der Waals surface area contributed by atoms with E-state index in [2.05, 4.69) is 16.2 Å². The number of nitrogens with zero attached hydrogens (tertiary/aromatic N) is 2. The molecule has 1 N–H and O–H groups in total. The van der Waals surface area contributed by atoms with Crippen molar-refractivity contribution in [1.82, 2.24) is 10.2 Å². The zero-order chi connectivity index (χ0) is 24.4. The Hall–Kier alpha value is -2.16. The van der Waals surface area contributed by atoms with Crippen LogP contribution in [0.2, 0.25) is 0 Å². The second-order valence-corrected chi connectivity index (χ2v) is 8.87. The van der Waals surface area contributed by atoms with Gasteiger partial charge < -0.3 is 5.32 Å². The molecule has 0 spiro atoms. The summed E-state index contributed by atoms with van der Waals surface area (Å²) in [5, 5.41) is 2.63. The lowest BCUT2D eigenvalue weighted by molar-refractivity contribution is -0.143. The summed E-state index contributed by atoms with van der Waals surface area (Å²) in [5.74, 6) is 2.99. The maximum atomic E-state index is 13.4. The molecule has 1 atom stereocenters.